The molecule has 8 heteroatoms. The molecule has 0 atom stereocenters. The number of anilines is 1. The number of carbonyl (C=O) groups is 2. The monoisotopic (exact) mass is 371 g/mol. The number of rotatable bonds is 5. The van der Waals surface area contributed by atoms with Crippen LogP contribution < -0.4 is 20.7 Å². The quantitative estimate of drug-likeness (QED) is 0.472. The first-order chi connectivity index (χ1) is 12.5. The molecule has 0 saturated carbocycles. The van der Waals surface area contributed by atoms with Crippen molar-refractivity contribution in [1.29, 1.82) is 0 Å². The SMILES string of the molecule is Cc1ccc(C=C2C(=O)NC(=S)N(c3ccc(OCCN)cc3)C2=O)o1. The van der Waals surface area contributed by atoms with Crippen LogP contribution in [-0.2, 0) is 9.59 Å². The molecule has 1 fully saturated rings. The summed E-state index contributed by atoms with van der Waals surface area (Å²) in [6.45, 7) is 2.58. The summed E-state index contributed by atoms with van der Waals surface area (Å²) in [6, 6.07) is 10.2. The highest BCUT2D eigenvalue weighted by atomic mass is 32.1. The minimum absolute atomic E-state index is 0.0170. The molecule has 1 aliphatic heterocycles. The first-order valence-electron chi connectivity index (χ1n) is 7.90. The summed E-state index contributed by atoms with van der Waals surface area (Å²) < 4.78 is 10.8. The van der Waals surface area contributed by atoms with Crippen LogP contribution in [0.5, 0.6) is 5.75 Å². The van der Waals surface area contributed by atoms with Gasteiger partial charge in [0.2, 0.25) is 0 Å². The maximum atomic E-state index is 12.8. The fourth-order valence-corrected chi connectivity index (χ4v) is 2.71. The molecule has 7 nitrogen and oxygen atoms in total. The lowest BCUT2D eigenvalue weighted by Crippen LogP contribution is -2.54. The molecule has 0 spiro atoms. The zero-order valence-electron chi connectivity index (χ0n) is 14.0. The topological polar surface area (TPSA) is 97.8 Å². The molecule has 1 aromatic heterocycles. The Kier molecular flexibility index (Phi) is 5.15. The Labute approximate surface area is 155 Å². The van der Waals surface area contributed by atoms with Crippen molar-refractivity contribution in [3.63, 3.8) is 0 Å². The van der Waals surface area contributed by atoms with Crippen molar-refractivity contribution in [1.82, 2.24) is 5.32 Å². The molecule has 0 bridgehead atoms. The van der Waals surface area contributed by atoms with E-state index < -0.39 is 11.8 Å². The van der Waals surface area contributed by atoms with E-state index >= 15 is 0 Å². The molecule has 0 radical (unpaired) electrons. The van der Waals surface area contributed by atoms with E-state index in [0.717, 1.165) is 0 Å². The highest BCUT2D eigenvalue weighted by Gasteiger charge is 2.34. The Hall–Kier alpha value is -2.97. The van der Waals surface area contributed by atoms with E-state index in [2.05, 4.69) is 5.32 Å². The van der Waals surface area contributed by atoms with Crippen molar-refractivity contribution in [3.8, 4) is 5.75 Å². The van der Waals surface area contributed by atoms with Crippen molar-refractivity contribution in [2.45, 2.75) is 6.92 Å². The summed E-state index contributed by atoms with van der Waals surface area (Å²) >= 11 is 5.16. The van der Waals surface area contributed by atoms with E-state index in [9.17, 15) is 9.59 Å². The standard InChI is InChI=1S/C18H17N3O4S/c1-11-2-5-14(25-11)10-15-16(22)20-18(26)21(17(15)23)12-3-6-13(7-4-12)24-9-8-19/h2-7,10H,8-9,19H2,1H3,(H,20,22,26). The lowest BCUT2D eigenvalue weighted by molar-refractivity contribution is -0.122. The van der Waals surface area contributed by atoms with E-state index in [1.165, 1.54) is 11.0 Å². The number of amides is 2. The molecule has 2 heterocycles. The van der Waals surface area contributed by atoms with Crippen molar-refractivity contribution in [3.05, 3.63) is 53.5 Å². The van der Waals surface area contributed by atoms with Crippen LogP contribution in [-0.4, -0.2) is 30.1 Å². The third kappa shape index (κ3) is 3.66. The van der Waals surface area contributed by atoms with Gasteiger partial charge in [-0.05, 0) is 61.6 Å². The Morgan fingerprint density at radius 2 is 1.96 bits per heavy atom. The van der Waals surface area contributed by atoms with Crippen molar-refractivity contribution < 1.29 is 18.7 Å². The fourth-order valence-electron chi connectivity index (χ4n) is 2.43. The molecular weight excluding hydrogens is 354 g/mol. The van der Waals surface area contributed by atoms with Crippen LogP contribution in [0, 0.1) is 6.92 Å². The van der Waals surface area contributed by atoms with E-state index in [-0.39, 0.29) is 10.7 Å². The molecule has 2 aromatic rings. The van der Waals surface area contributed by atoms with E-state index in [0.29, 0.717) is 36.1 Å². The van der Waals surface area contributed by atoms with Gasteiger partial charge in [-0.2, -0.15) is 0 Å². The summed E-state index contributed by atoms with van der Waals surface area (Å²) in [5.74, 6) is 0.636. The zero-order valence-corrected chi connectivity index (χ0v) is 14.8. The van der Waals surface area contributed by atoms with Gasteiger partial charge in [-0.3, -0.25) is 19.8 Å². The summed E-state index contributed by atoms with van der Waals surface area (Å²) in [7, 11) is 0. The number of nitrogens with zero attached hydrogens (tertiary/aromatic N) is 1. The van der Waals surface area contributed by atoms with Gasteiger partial charge in [0.05, 0.1) is 5.69 Å². The predicted molar refractivity (Wildman–Crippen MR) is 101 cm³/mol. The molecule has 0 unspecified atom stereocenters. The average Bonchev–Trinajstić information content (AvgIpc) is 3.03. The maximum Gasteiger partial charge on any atom is 0.270 e. The minimum Gasteiger partial charge on any atom is -0.492 e. The Balaban J connectivity index is 1.89. The van der Waals surface area contributed by atoms with Crippen LogP contribution in [0.4, 0.5) is 5.69 Å². The molecule has 26 heavy (non-hydrogen) atoms. The van der Waals surface area contributed by atoms with E-state index in [1.807, 2.05) is 0 Å². The first-order valence-corrected chi connectivity index (χ1v) is 8.31. The molecule has 1 aliphatic rings. The number of nitrogens with two attached hydrogens (primary N) is 1. The van der Waals surface area contributed by atoms with Crippen LogP contribution >= 0.6 is 12.2 Å². The number of hydrogen-bond acceptors (Lipinski definition) is 6. The Morgan fingerprint density at radius 1 is 1.23 bits per heavy atom. The van der Waals surface area contributed by atoms with Gasteiger partial charge in [0.15, 0.2) is 5.11 Å². The highest BCUT2D eigenvalue weighted by Crippen LogP contribution is 2.24. The van der Waals surface area contributed by atoms with Gasteiger partial charge in [0.25, 0.3) is 11.8 Å². The van der Waals surface area contributed by atoms with Crippen molar-refractivity contribution >= 4 is 40.9 Å². The predicted octanol–water partition coefficient (Wildman–Crippen LogP) is 1.76. The van der Waals surface area contributed by atoms with Gasteiger partial charge in [-0.25, -0.2) is 0 Å². The second-order valence-corrected chi connectivity index (χ2v) is 5.92. The minimum atomic E-state index is -0.562. The van der Waals surface area contributed by atoms with Gasteiger partial charge in [-0.1, -0.05) is 0 Å². The van der Waals surface area contributed by atoms with Crippen LogP contribution in [0.1, 0.15) is 11.5 Å². The lowest BCUT2D eigenvalue weighted by atomic mass is 10.1. The number of aryl methyl sites for hydroxylation is 1. The summed E-state index contributed by atoms with van der Waals surface area (Å²) in [5.41, 5.74) is 5.86. The van der Waals surface area contributed by atoms with Gasteiger partial charge < -0.3 is 14.9 Å². The molecule has 2 amide bonds. The molecule has 1 aromatic carbocycles. The summed E-state index contributed by atoms with van der Waals surface area (Å²) in [4.78, 5) is 26.3. The number of nitrogens with one attached hydrogen (secondary N) is 1. The second-order valence-electron chi connectivity index (χ2n) is 5.54. The van der Waals surface area contributed by atoms with E-state index in [4.69, 9.17) is 27.1 Å². The normalized spacial score (nSPS) is 16.2. The Bertz CT molecular complexity index is 886. The fraction of sp³-hybridized carbons (Fsp3) is 0.167. The maximum absolute atomic E-state index is 12.8. The Morgan fingerprint density at radius 3 is 2.58 bits per heavy atom. The molecular formula is C18H17N3O4S. The van der Waals surface area contributed by atoms with Crippen LogP contribution in [0.25, 0.3) is 6.08 Å². The molecule has 3 N–H and O–H groups in total. The van der Waals surface area contributed by atoms with Crippen molar-refractivity contribution in [2.75, 3.05) is 18.1 Å². The number of benzene rings is 1. The van der Waals surface area contributed by atoms with Gasteiger partial charge in [0, 0.05) is 6.54 Å². The summed E-state index contributed by atoms with van der Waals surface area (Å²) in [6.07, 6.45) is 1.40. The zero-order chi connectivity index (χ0) is 18.7. The number of carbonyl (C=O) groups excluding carboxylic acids is 2. The van der Waals surface area contributed by atoms with Crippen LogP contribution in [0.15, 0.2) is 46.4 Å². The van der Waals surface area contributed by atoms with Crippen LogP contribution in [0.3, 0.4) is 0 Å². The number of thiocarbonyl (C=S) groups is 1. The molecule has 0 aliphatic carbocycles. The number of hydrogen-bond donors (Lipinski definition) is 2. The first kappa shape index (κ1) is 17.8. The third-order valence-corrected chi connectivity index (χ3v) is 3.92. The highest BCUT2D eigenvalue weighted by molar-refractivity contribution is 7.80. The third-order valence-electron chi connectivity index (χ3n) is 3.63. The second kappa shape index (κ2) is 7.51. The van der Waals surface area contributed by atoms with Gasteiger partial charge in [-0.15, -0.1) is 0 Å². The smallest absolute Gasteiger partial charge is 0.270 e. The summed E-state index contributed by atoms with van der Waals surface area (Å²) in [5, 5.41) is 2.54. The molecule has 1 saturated heterocycles. The molecule has 3 rings (SSSR count). The van der Waals surface area contributed by atoms with Crippen LogP contribution in [0.2, 0.25) is 0 Å². The van der Waals surface area contributed by atoms with Gasteiger partial charge >= 0.3 is 0 Å². The number of ether oxygens (including phenoxy) is 1. The van der Waals surface area contributed by atoms with E-state index in [1.54, 1.807) is 43.3 Å². The lowest BCUT2D eigenvalue weighted by Gasteiger charge is -2.28. The number of furan rings is 1. The molecule has 134 valence electrons. The average molecular weight is 371 g/mol. The largest absolute Gasteiger partial charge is 0.492 e. The van der Waals surface area contributed by atoms with Gasteiger partial charge in [0.1, 0.15) is 29.4 Å². The van der Waals surface area contributed by atoms with Crippen molar-refractivity contribution in [2.24, 2.45) is 5.73 Å².